The fraction of sp³-hybridized carbons (Fsp3) is 0.571. The molecule has 1 fully saturated rings. The van der Waals surface area contributed by atoms with Gasteiger partial charge >= 0.3 is 6.18 Å². The third kappa shape index (κ3) is 3.62. The minimum absolute atomic E-state index is 0.194. The van der Waals surface area contributed by atoms with E-state index in [-0.39, 0.29) is 6.61 Å². The molecule has 1 aromatic rings. The van der Waals surface area contributed by atoms with Gasteiger partial charge in [-0.05, 0) is 48.9 Å². The maximum atomic E-state index is 12.4. The second kappa shape index (κ2) is 5.82. The molecule has 1 aromatic carbocycles. The number of alkyl halides is 3. The third-order valence-corrected chi connectivity index (χ3v) is 3.83. The number of anilines is 1. The lowest BCUT2D eigenvalue weighted by Gasteiger charge is -2.18. The smallest absolute Gasteiger partial charge is 0.396 e. The van der Waals surface area contributed by atoms with E-state index in [1.807, 2.05) is 0 Å². The largest absolute Gasteiger partial charge is 0.416 e. The Kier molecular flexibility index (Phi) is 4.34. The SMILES string of the molecule is OCC1CCCC1CNc1ccc(C(F)(F)F)cc1. The van der Waals surface area contributed by atoms with Crippen LogP contribution in [-0.4, -0.2) is 18.3 Å². The summed E-state index contributed by atoms with van der Waals surface area (Å²) in [6.07, 6.45) is -1.06. The van der Waals surface area contributed by atoms with Gasteiger partial charge in [-0.2, -0.15) is 13.2 Å². The van der Waals surface area contributed by atoms with Crippen molar-refractivity contribution in [1.29, 1.82) is 0 Å². The summed E-state index contributed by atoms with van der Waals surface area (Å²) in [6, 6.07) is 5.07. The van der Waals surface area contributed by atoms with E-state index in [1.54, 1.807) is 0 Å². The van der Waals surface area contributed by atoms with Gasteiger partial charge in [0, 0.05) is 18.8 Å². The molecule has 2 unspecified atom stereocenters. The lowest BCUT2D eigenvalue weighted by atomic mass is 9.97. The Morgan fingerprint density at radius 3 is 2.32 bits per heavy atom. The topological polar surface area (TPSA) is 32.3 Å². The van der Waals surface area contributed by atoms with Crippen molar-refractivity contribution in [3.05, 3.63) is 29.8 Å². The van der Waals surface area contributed by atoms with Crippen LogP contribution in [0.5, 0.6) is 0 Å². The van der Waals surface area contributed by atoms with E-state index in [1.165, 1.54) is 12.1 Å². The lowest BCUT2D eigenvalue weighted by Crippen LogP contribution is -2.20. The van der Waals surface area contributed by atoms with Crippen LogP contribution < -0.4 is 5.32 Å². The highest BCUT2D eigenvalue weighted by molar-refractivity contribution is 5.45. The van der Waals surface area contributed by atoms with Crippen LogP contribution in [0.2, 0.25) is 0 Å². The molecule has 1 aliphatic carbocycles. The predicted octanol–water partition coefficient (Wildman–Crippen LogP) is 3.53. The van der Waals surface area contributed by atoms with Gasteiger partial charge in [0.15, 0.2) is 0 Å². The number of aliphatic hydroxyl groups is 1. The van der Waals surface area contributed by atoms with Crippen LogP contribution in [-0.2, 0) is 6.18 Å². The maximum absolute atomic E-state index is 12.4. The second-order valence-corrected chi connectivity index (χ2v) is 5.09. The predicted molar refractivity (Wildman–Crippen MR) is 67.9 cm³/mol. The second-order valence-electron chi connectivity index (χ2n) is 5.09. The molecule has 5 heteroatoms. The van der Waals surface area contributed by atoms with Crippen LogP contribution >= 0.6 is 0 Å². The summed E-state index contributed by atoms with van der Waals surface area (Å²) < 4.78 is 37.2. The molecule has 1 aliphatic rings. The first kappa shape index (κ1) is 14.2. The number of rotatable bonds is 4. The molecule has 2 N–H and O–H groups in total. The zero-order valence-corrected chi connectivity index (χ0v) is 10.6. The molecule has 2 atom stereocenters. The Balaban J connectivity index is 1.90. The summed E-state index contributed by atoms with van der Waals surface area (Å²) in [6.45, 7) is 0.899. The highest BCUT2D eigenvalue weighted by Crippen LogP contribution is 2.32. The van der Waals surface area contributed by atoms with E-state index in [0.717, 1.165) is 31.4 Å². The molecule has 106 valence electrons. The highest BCUT2D eigenvalue weighted by atomic mass is 19.4. The normalized spacial score (nSPS) is 23.6. The Bertz CT molecular complexity index is 402. The molecule has 0 spiro atoms. The van der Waals surface area contributed by atoms with Crippen molar-refractivity contribution in [3.8, 4) is 0 Å². The van der Waals surface area contributed by atoms with Gasteiger partial charge in [-0.25, -0.2) is 0 Å². The quantitative estimate of drug-likeness (QED) is 0.879. The van der Waals surface area contributed by atoms with E-state index in [2.05, 4.69) is 5.32 Å². The van der Waals surface area contributed by atoms with Crippen molar-refractivity contribution in [2.45, 2.75) is 25.4 Å². The van der Waals surface area contributed by atoms with E-state index < -0.39 is 11.7 Å². The fourth-order valence-corrected chi connectivity index (χ4v) is 2.65. The Morgan fingerprint density at radius 2 is 1.74 bits per heavy atom. The molecule has 0 bridgehead atoms. The van der Waals surface area contributed by atoms with E-state index in [0.29, 0.717) is 24.1 Å². The highest BCUT2D eigenvalue weighted by Gasteiger charge is 2.30. The fourth-order valence-electron chi connectivity index (χ4n) is 2.65. The minimum Gasteiger partial charge on any atom is -0.396 e. The molecule has 0 aromatic heterocycles. The average Bonchev–Trinajstić information content (AvgIpc) is 2.83. The molecular formula is C14H18F3NO. The molecule has 0 heterocycles. The van der Waals surface area contributed by atoms with Gasteiger partial charge in [0.25, 0.3) is 0 Å². The Hall–Kier alpha value is -1.23. The number of benzene rings is 1. The number of nitrogens with one attached hydrogen (secondary N) is 1. The molecule has 2 nitrogen and oxygen atoms in total. The third-order valence-electron chi connectivity index (χ3n) is 3.83. The number of hydrogen-bond acceptors (Lipinski definition) is 2. The minimum atomic E-state index is -4.29. The van der Waals surface area contributed by atoms with Gasteiger partial charge in [-0.1, -0.05) is 6.42 Å². The van der Waals surface area contributed by atoms with Gasteiger partial charge < -0.3 is 10.4 Å². The summed E-state index contributed by atoms with van der Waals surface area (Å²) in [5, 5.41) is 12.4. The number of hydrogen-bond donors (Lipinski definition) is 2. The van der Waals surface area contributed by atoms with E-state index >= 15 is 0 Å². The van der Waals surface area contributed by atoms with Crippen molar-refractivity contribution in [2.24, 2.45) is 11.8 Å². The van der Waals surface area contributed by atoms with Crippen LogP contribution in [0.4, 0.5) is 18.9 Å². The van der Waals surface area contributed by atoms with Crippen LogP contribution in [0, 0.1) is 11.8 Å². The van der Waals surface area contributed by atoms with Gasteiger partial charge in [-0.15, -0.1) is 0 Å². The van der Waals surface area contributed by atoms with Crippen LogP contribution in [0.25, 0.3) is 0 Å². The first-order valence-corrected chi connectivity index (χ1v) is 6.52. The summed E-state index contributed by atoms with van der Waals surface area (Å²) in [7, 11) is 0. The zero-order valence-electron chi connectivity index (χ0n) is 10.6. The van der Waals surface area contributed by atoms with E-state index in [9.17, 15) is 18.3 Å². The Labute approximate surface area is 110 Å². The van der Waals surface area contributed by atoms with Gasteiger partial charge in [-0.3, -0.25) is 0 Å². The van der Waals surface area contributed by atoms with Crippen molar-refractivity contribution in [3.63, 3.8) is 0 Å². The lowest BCUT2D eigenvalue weighted by molar-refractivity contribution is -0.137. The molecule has 0 aliphatic heterocycles. The van der Waals surface area contributed by atoms with Crippen molar-refractivity contribution < 1.29 is 18.3 Å². The van der Waals surface area contributed by atoms with Gasteiger partial charge in [0.1, 0.15) is 0 Å². The molecule has 2 rings (SSSR count). The molecule has 0 saturated heterocycles. The summed E-state index contributed by atoms with van der Waals surface area (Å²) in [5.41, 5.74) is 0.0590. The molecule has 0 amide bonds. The maximum Gasteiger partial charge on any atom is 0.416 e. The number of halogens is 3. The summed E-state index contributed by atoms with van der Waals surface area (Å²) in [5.74, 6) is 0.731. The van der Waals surface area contributed by atoms with Crippen molar-refractivity contribution >= 4 is 5.69 Å². The standard InChI is InChI=1S/C14H18F3NO/c15-14(16,17)12-4-6-13(7-5-12)18-8-10-2-1-3-11(10)9-19/h4-7,10-11,18-19H,1-3,8-9H2. The van der Waals surface area contributed by atoms with Crippen molar-refractivity contribution in [2.75, 3.05) is 18.5 Å². The molecule has 19 heavy (non-hydrogen) atoms. The molecule has 1 saturated carbocycles. The molecular weight excluding hydrogens is 255 g/mol. The average molecular weight is 273 g/mol. The number of aliphatic hydroxyl groups excluding tert-OH is 1. The first-order chi connectivity index (χ1) is 9.00. The van der Waals surface area contributed by atoms with E-state index in [4.69, 9.17) is 0 Å². The summed E-state index contributed by atoms with van der Waals surface area (Å²) in [4.78, 5) is 0. The van der Waals surface area contributed by atoms with Crippen molar-refractivity contribution in [1.82, 2.24) is 0 Å². The first-order valence-electron chi connectivity index (χ1n) is 6.52. The van der Waals surface area contributed by atoms with Crippen LogP contribution in [0.1, 0.15) is 24.8 Å². The zero-order chi connectivity index (χ0) is 13.9. The summed E-state index contributed by atoms with van der Waals surface area (Å²) >= 11 is 0. The van der Waals surface area contributed by atoms with Crippen LogP contribution in [0.15, 0.2) is 24.3 Å². The molecule has 0 radical (unpaired) electrons. The Morgan fingerprint density at radius 1 is 1.11 bits per heavy atom. The van der Waals surface area contributed by atoms with Gasteiger partial charge in [0.05, 0.1) is 5.56 Å². The van der Waals surface area contributed by atoms with Crippen LogP contribution in [0.3, 0.4) is 0 Å². The van der Waals surface area contributed by atoms with Gasteiger partial charge in [0.2, 0.25) is 0 Å². The monoisotopic (exact) mass is 273 g/mol.